The third-order valence-electron chi connectivity index (χ3n) is 4.34. The van der Waals surface area contributed by atoms with Crippen LogP contribution >= 0.6 is 11.6 Å². The molecule has 0 bridgehead atoms. The van der Waals surface area contributed by atoms with Crippen LogP contribution in [0, 0.1) is 0 Å². The van der Waals surface area contributed by atoms with E-state index >= 15 is 0 Å². The molecule has 4 nitrogen and oxygen atoms in total. The molecule has 0 aromatic heterocycles. The molecular formula is C19H19ClF2N2O2. The van der Waals surface area contributed by atoms with Gasteiger partial charge >= 0.3 is 6.61 Å². The Labute approximate surface area is 155 Å². The van der Waals surface area contributed by atoms with Crippen LogP contribution in [0.1, 0.15) is 24.4 Å². The number of halogens is 3. The maximum absolute atomic E-state index is 12.5. The van der Waals surface area contributed by atoms with E-state index in [0.29, 0.717) is 5.02 Å². The minimum Gasteiger partial charge on any atom is -0.433 e. The van der Waals surface area contributed by atoms with Crippen LogP contribution in [0.5, 0.6) is 5.75 Å². The van der Waals surface area contributed by atoms with Crippen molar-refractivity contribution in [3.8, 4) is 5.75 Å². The minimum atomic E-state index is -2.94. The van der Waals surface area contributed by atoms with Gasteiger partial charge in [0.1, 0.15) is 5.75 Å². The monoisotopic (exact) mass is 380 g/mol. The number of alkyl halides is 2. The zero-order chi connectivity index (χ0) is 18.5. The molecule has 7 heteroatoms. The number of rotatable bonds is 6. The van der Waals surface area contributed by atoms with Crippen molar-refractivity contribution in [1.29, 1.82) is 0 Å². The highest BCUT2D eigenvalue weighted by Gasteiger charge is 2.27. The van der Waals surface area contributed by atoms with Crippen LogP contribution in [-0.4, -0.2) is 30.5 Å². The van der Waals surface area contributed by atoms with Crippen molar-refractivity contribution in [2.75, 3.05) is 18.4 Å². The number of hydrogen-bond acceptors (Lipinski definition) is 3. The van der Waals surface area contributed by atoms with Crippen LogP contribution in [0.4, 0.5) is 14.5 Å². The van der Waals surface area contributed by atoms with E-state index in [4.69, 9.17) is 11.6 Å². The molecule has 1 saturated heterocycles. The van der Waals surface area contributed by atoms with E-state index in [1.165, 1.54) is 12.1 Å². The normalized spacial score (nSPS) is 17.5. The molecule has 26 heavy (non-hydrogen) atoms. The van der Waals surface area contributed by atoms with Gasteiger partial charge in [-0.15, -0.1) is 0 Å². The van der Waals surface area contributed by atoms with Gasteiger partial charge < -0.3 is 10.1 Å². The Morgan fingerprint density at radius 3 is 2.69 bits per heavy atom. The Morgan fingerprint density at radius 2 is 1.96 bits per heavy atom. The molecule has 3 rings (SSSR count). The van der Waals surface area contributed by atoms with Gasteiger partial charge in [0.2, 0.25) is 5.91 Å². The zero-order valence-electron chi connectivity index (χ0n) is 14.0. The number of para-hydroxylation sites is 2. The predicted octanol–water partition coefficient (Wildman–Crippen LogP) is 4.72. The van der Waals surface area contributed by atoms with Gasteiger partial charge in [0, 0.05) is 11.1 Å². The Balaban J connectivity index is 1.65. The van der Waals surface area contributed by atoms with Gasteiger partial charge in [-0.1, -0.05) is 35.9 Å². The van der Waals surface area contributed by atoms with E-state index in [-0.39, 0.29) is 29.9 Å². The average molecular weight is 381 g/mol. The largest absolute Gasteiger partial charge is 0.433 e. The molecular weight excluding hydrogens is 362 g/mol. The second-order valence-electron chi connectivity index (χ2n) is 6.10. The second-order valence-corrected chi connectivity index (χ2v) is 6.54. The van der Waals surface area contributed by atoms with E-state index in [1.807, 2.05) is 24.3 Å². The summed E-state index contributed by atoms with van der Waals surface area (Å²) in [5.41, 5.74) is 1.35. The molecule has 0 aliphatic carbocycles. The molecule has 1 heterocycles. The van der Waals surface area contributed by atoms with Crippen molar-refractivity contribution in [2.24, 2.45) is 0 Å². The number of carbonyl (C=O) groups is 1. The van der Waals surface area contributed by atoms with Gasteiger partial charge in [-0.3, -0.25) is 9.69 Å². The lowest BCUT2D eigenvalue weighted by atomic mass is 10.0. The third kappa shape index (κ3) is 4.71. The van der Waals surface area contributed by atoms with E-state index < -0.39 is 6.61 Å². The number of ether oxygens (including phenoxy) is 1. The summed E-state index contributed by atoms with van der Waals surface area (Å²) in [5.74, 6) is -0.317. The molecule has 1 atom stereocenters. The van der Waals surface area contributed by atoms with E-state index in [0.717, 1.165) is 24.9 Å². The van der Waals surface area contributed by atoms with Crippen LogP contribution in [0.2, 0.25) is 5.02 Å². The molecule has 2 aromatic carbocycles. The molecule has 0 saturated carbocycles. The van der Waals surface area contributed by atoms with Gasteiger partial charge in [0.05, 0.1) is 12.2 Å². The fourth-order valence-electron chi connectivity index (χ4n) is 3.22. The van der Waals surface area contributed by atoms with Crippen molar-refractivity contribution in [1.82, 2.24) is 4.90 Å². The molecule has 1 amide bonds. The molecule has 2 aromatic rings. The summed E-state index contributed by atoms with van der Waals surface area (Å²) in [6, 6.07) is 13.9. The quantitative estimate of drug-likeness (QED) is 0.788. The van der Waals surface area contributed by atoms with Gasteiger partial charge in [0.15, 0.2) is 0 Å². The Kier molecular flexibility index (Phi) is 6.06. The number of nitrogens with zero attached hydrogens (tertiary/aromatic N) is 1. The lowest BCUT2D eigenvalue weighted by molar-refractivity contribution is -0.117. The third-order valence-corrected chi connectivity index (χ3v) is 4.59. The summed E-state index contributed by atoms with van der Waals surface area (Å²) in [6.07, 6.45) is 1.95. The molecule has 138 valence electrons. The number of hydrogen-bond donors (Lipinski definition) is 1. The number of anilines is 1. The first-order chi connectivity index (χ1) is 12.5. The fourth-order valence-corrected chi connectivity index (χ4v) is 3.35. The summed E-state index contributed by atoms with van der Waals surface area (Å²) < 4.78 is 29.4. The Hall–Kier alpha value is -2.18. The standard InChI is InChI=1S/C19H19ClF2N2O2/c20-14-9-7-13(8-10-14)16-5-3-11-24(16)12-18(25)23-15-4-1-2-6-17(15)26-19(21)22/h1-2,4,6-10,16,19H,3,5,11-12H2,(H,23,25)/t16-/m0/s1. The zero-order valence-corrected chi connectivity index (χ0v) is 14.8. The van der Waals surface area contributed by atoms with Crippen molar-refractivity contribution in [2.45, 2.75) is 25.5 Å². The van der Waals surface area contributed by atoms with Gasteiger partial charge in [-0.05, 0) is 49.2 Å². The van der Waals surface area contributed by atoms with Crippen molar-refractivity contribution < 1.29 is 18.3 Å². The second kappa shape index (κ2) is 8.47. The minimum absolute atomic E-state index is 0.0495. The molecule has 0 radical (unpaired) electrons. The molecule has 0 unspecified atom stereocenters. The number of benzene rings is 2. The predicted molar refractivity (Wildman–Crippen MR) is 96.7 cm³/mol. The van der Waals surface area contributed by atoms with Crippen molar-refractivity contribution in [3.05, 3.63) is 59.1 Å². The first-order valence-corrected chi connectivity index (χ1v) is 8.74. The van der Waals surface area contributed by atoms with Gasteiger partial charge in [0.25, 0.3) is 0 Å². The fraction of sp³-hybridized carbons (Fsp3) is 0.316. The lowest BCUT2D eigenvalue weighted by Gasteiger charge is -2.24. The molecule has 1 aliphatic heterocycles. The number of amides is 1. The summed E-state index contributed by atoms with van der Waals surface area (Å²) in [5, 5.41) is 3.34. The summed E-state index contributed by atoms with van der Waals surface area (Å²) in [7, 11) is 0. The first-order valence-electron chi connectivity index (χ1n) is 8.36. The van der Waals surface area contributed by atoms with Crippen LogP contribution < -0.4 is 10.1 Å². The van der Waals surface area contributed by atoms with Gasteiger partial charge in [-0.25, -0.2) is 0 Å². The highest BCUT2D eigenvalue weighted by Crippen LogP contribution is 2.32. The number of carbonyl (C=O) groups excluding carboxylic acids is 1. The summed E-state index contributed by atoms with van der Waals surface area (Å²) in [6.45, 7) is -1.97. The maximum atomic E-state index is 12.5. The lowest BCUT2D eigenvalue weighted by Crippen LogP contribution is -2.33. The molecule has 1 N–H and O–H groups in total. The van der Waals surface area contributed by atoms with E-state index in [9.17, 15) is 13.6 Å². The first kappa shape index (κ1) is 18.6. The number of likely N-dealkylation sites (tertiary alicyclic amines) is 1. The van der Waals surface area contributed by atoms with Crippen LogP contribution in [0.3, 0.4) is 0 Å². The van der Waals surface area contributed by atoms with Crippen molar-refractivity contribution >= 4 is 23.2 Å². The Morgan fingerprint density at radius 1 is 1.23 bits per heavy atom. The highest BCUT2D eigenvalue weighted by atomic mass is 35.5. The van der Waals surface area contributed by atoms with E-state index in [2.05, 4.69) is 15.0 Å². The van der Waals surface area contributed by atoms with Gasteiger partial charge in [-0.2, -0.15) is 8.78 Å². The van der Waals surface area contributed by atoms with Crippen LogP contribution in [-0.2, 0) is 4.79 Å². The molecule has 1 fully saturated rings. The maximum Gasteiger partial charge on any atom is 0.387 e. The topological polar surface area (TPSA) is 41.6 Å². The van der Waals surface area contributed by atoms with E-state index in [1.54, 1.807) is 12.1 Å². The SMILES string of the molecule is O=C(CN1CCC[C@H]1c1ccc(Cl)cc1)Nc1ccccc1OC(F)F. The van der Waals surface area contributed by atoms with Crippen molar-refractivity contribution in [3.63, 3.8) is 0 Å². The molecule has 0 spiro atoms. The van der Waals surface area contributed by atoms with Crippen LogP contribution in [0.15, 0.2) is 48.5 Å². The average Bonchev–Trinajstić information content (AvgIpc) is 3.05. The Bertz CT molecular complexity index is 755. The smallest absolute Gasteiger partial charge is 0.387 e. The highest BCUT2D eigenvalue weighted by molar-refractivity contribution is 6.30. The molecule has 1 aliphatic rings. The van der Waals surface area contributed by atoms with Crippen LogP contribution in [0.25, 0.3) is 0 Å². The number of nitrogens with one attached hydrogen (secondary N) is 1. The summed E-state index contributed by atoms with van der Waals surface area (Å²) in [4.78, 5) is 14.5. The summed E-state index contributed by atoms with van der Waals surface area (Å²) >= 11 is 5.94.